The summed E-state index contributed by atoms with van der Waals surface area (Å²) in [4.78, 5) is 15.9. The molecular weight excluding hydrogens is 400 g/mol. The molecule has 0 unspecified atom stereocenters. The number of hydrogen-bond acceptors (Lipinski definition) is 5. The Labute approximate surface area is 182 Å². The molecule has 0 saturated carbocycles. The van der Waals surface area contributed by atoms with Crippen LogP contribution in [0.3, 0.4) is 0 Å². The molecule has 0 bridgehead atoms. The number of nitrogens with zero attached hydrogens (tertiary/aromatic N) is 2. The van der Waals surface area contributed by atoms with Crippen molar-refractivity contribution in [3.05, 3.63) is 29.8 Å². The summed E-state index contributed by atoms with van der Waals surface area (Å²) in [7, 11) is -2.89. The minimum Gasteiger partial charge on any atom is -0.450 e. The highest BCUT2D eigenvalue weighted by Crippen LogP contribution is 2.19. The number of benzene rings is 1. The number of unbranched alkanes of at least 4 members (excludes halogenated alkanes) is 4. The lowest BCUT2D eigenvalue weighted by Gasteiger charge is -2.35. The molecule has 1 aromatic carbocycles. The van der Waals surface area contributed by atoms with Gasteiger partial charge in [0, 0.05) is 31.9 Å². The molecule has 6 nitrogen and oxygen atoms in total. The molecule has 1 fully saturated rings. The van der Waals surface area contributed by atoms with Crippen molar-refractivity contribution in [3.8, 4) is 0 Å². The summed E-state index contributed by atoms with van der Waals surface area (Å²) in [6.07, 6.45) is 5.97. The fraction of sp³-hybridized carbons (Fsp3) is 0.696. The van der Waals surface area contributed by atoms with Gasteiger partial charge in [0.05, 0.1) is 17.6 Å². The fourth-order valence-electron chi connectivity index (χ4n) is 3.63. The van der Waals surface area contributed by atoms with Crippen molar-refractivity contribution in [2.24, 2.45) is 0 Å². The Balaban J connectivity index is 1.63. The van der Waals surface area contributed by atoms with Gasteiger partial charge in [0.1, 0.15) is 0 Å². The molecule has 0 atom stereocenters. The zero-order valence-electron chi connectivity index (χ0n) is 18.8. The molecule has 30 heavy (non-hydrogen) atoms. The summed E-state index contributed by atoms with van der Waals surface area (Å²) < 4.78 is 28.7. The van der Waals surface area contributed by atoms with Gasteiger partial charge in [-0.2, -0.15) is 0 Å². The highest BCUT2D eigenvalue weighted by atomic mass is 32.2. The summed E-state index contributed by atoms with van der Waals surface area (Å²) >= 11 is 0. The number of sulfone groups is 1. The number of piperazine rings is 1. The summed E-state index contributed by atoms with van der Waals surface area (Å²) in [5.41, 5.74) is 2.54. The minimum atomic E-state index is -2.89. The summed E-state index contributed by atoms with van der Waals surface area (Å²) in [6, 6.07) is 8.74. The molecule has 7 heteroatoms. The van der Waals surface area contributed by atoms with Crippen LogP contribution in [0, 0.1) is 0 Å². The van der Waals surface area contributed by atoms with Gasteiger partial charge >= 0.3 is 6.09 Å². The standard InChI is InChI=1S/C23H38N2O4S/c1-4-29-23(26)25-17-15-24(16-18-25)22-13-11-21(12-14-22)10-8-6-5-7-9-19-30(27,28)20(2)3/h11-14,20H,4-10,15-19H2,1-3H3. The van der Waals surface area contributed by atoms with E-state index in [1.165, 1.54) is 11.3 Å². The molecule has 1 heterocycles. The van der Waals surface area contributed by atoms with Crippen molar-refractivity contribution in [2.75, 3.05) is 43.4 Å². The van der Waals surface area contributed by atoms with E-state index in [2.05, 4.69) is 29.2 Å². The van der Waals surface area contributed by atoms with E-state index in [9.17, 15) is 13.2 Å². The second-order valence-electron chi connectivity index (χ2n) is 8.27. The summed E-state index contributed by atoms with van der Waals surface area (Å²) in [6.45, 7) is 8.79. The van der Waals surface area contributed by atoms with Crippen LogP contribution < -0.4 is 4.90 Å². The van der Waals surface area contributed by atoms with E-state index in [1.807, 2.05) is 6.92 Å². The van der Waals surface area contributed by atoms with E-state index in [0.717, 1.165) is 51.6 Å². The number of hydrogen-bond donors (Lipinski definition) is 0. The lowest BCUT2D eigenvalue weighted by Crippen LogP contribution is -2.49. The SMILES string of the molecule is CCOC(=O)N1CCN(c2ccc(CCCCCCCS(=O)(=O)C(C)C)cc2)CC1. The molecule has 1 aliphatic heterocycles. The molecule has 1 aromatic rings. The monoisotopic (exact) mass is 438 g/mol. The lowest BCUT2D eigenvalue weighted by molar-refractivity contribution is 0.105. The first-order chi connectivity index (χ1) is 14.3. The van der Waals surface area contributed by atoms with E-state index in [4.69, 9.17) is 4.74 Å². The third-order valence-electron chi connectivity index (χ3n) is 5.72. The maximum absolute atomic E-state index is 11.8. The summed E-state index contributed by atoms with van der Waals surface area (Å²) in [5.74, 6) is 0.320. The molecule has 0 aromatic heterocycles. The predicted molar refractivity (Wildman–Crippen MR) is 123 cm³/mol. The van der Waals surface area contributed by atoms with Crippen molar-refractivity contribution in [1.29, 1.82) is 0 Å². The Morgan fingerprint density at radius 1 is 0.967 bits per heavy atom. The summed E-state index contributed by atoms with van der Waals surface area (Å²) in [5, 5.41) is -0.262. The third kappa shape index (κ3) is 7.82. The Kier molecular flexibility index (Phi) is 9.95. The van der Waals surface area contributed by atoms with Gasteiger partial charge in [-0.1, -0.05) is 31.4 Å². The molecule has 1 amide bonds. The van der Waals surface area contributed by atoms with Crippen LogP contribution >= 0.6 is 0 Å². The van der Waals surface area contributed by atoms with Gasteiger partial charge < -0.3 is 14.5 Å². The largest absolute Gasteiger partial charge is 0.450 e. The molecule has 2 rings (SSSR count). The number of amides is 1. The Morgan fingerprint density at radius 3 is 2.17 bits per heavy atom. The second kappa shape index (κ2) is 12.2. The Morgan fingerprint density at radius 2 is 1.57 bits per heavy atom. The van der Waals surface area contributed by atoms with E-state index in [0.29, 0.717) is 25.4 Å². The van der Waals surface area contributed by atoms with E-state index in [1.54, 1.807) is 18.7 Å². The zero-order valence-corrected chi connectivity index (χ0v) is 19.6. The Bertz CT molecular complexity index is 739. The van der Waals surface area contributed by atoms with Crippen LogP contribution in [0.2, 0.25) is 0 Å². The van der Waals surface area contributed by atoms with Crippen LogP contribution in [-0.4, -0.2) is 63.2 Å². The number of carbonyl (C=O) groups is 1. The van der Waals surface area contributed by atoms with Crippen molar-refractivity contribution >= 4 is 21.6 Å². The maximum Gasteiger partial charge on any atom is 0.409 e. The first-order valence-electron chi connectivity index (χ1n) is 11.3. The van der Waals surface area contributed by atoms with E-state index >= 15 is 0 Å². The first-order valence-corrected chi connectivity index (χ1v) is 13.0. The van der Waals surface area contributed by atoms with Crippen LogP contribution in [0.1, 0.15) is 58.4 Å². The van der Waals surface area contributed by atoms with E-state index in [-0.39, 0.29) is 11.3 Å². The van der Waals surface area contributed by atoms with Crippen molar-refractivity contribution in [2.45, 2.75) is 64.5 Å². The molecule has 0 spiro atoms. The quantitative estimate of drug-likeness (QED) is 0.482. The molecule has 1 saturated heterocycles. The fourth-order valence-corrected chi connectivity index (χ4v) is 4.71. The van der Waals surface area contributed by atoms with Crippen LogP contribution in [0.15, 0.2) is 24.3 Å². The maximum atomic E-state index is 11.8. The van der Waals surface area contributed by atoms with Crippen LogP contribution in [-0.2, 0) is 21.0 Å². The third-order valence-corrected chi connectivity index (χ3v) is 8.01. The molecule has 170 valence electrons. The normalized spacial score (nSPS) is 14.9. The van der Waals surface area contributed by atoms with Gasteiger partial charge in [0.2, 0.25) is 0 Å². The van der Waals surface area contributed by atoms with Crippen LogP contribution in [0.4, 0.5) is 10.5 Å². The number of ether oxygens (including phenoxy) is 1. The van der Waals surface area contributed by atoms with Gasteiger partial charge in [-0.25, -0.2) is 13.2 Å². The highest BCUT2D eigenvalue weighted by molar-refractivity contribution is 7.91. The topological polar surface area (TPSA) is 66.9 Å². The zero-order chi connectivity index (χ0) is 22.0. The average Bonchev–Trinajstić information content (AvgIpc) is 2.73. The lowest BCUT2D eigenvalue weighted by atomic mass is 10.0. The smallest absolute Gasteiger partial charge is 0.409 e. The van der Waals surface area contributed by atoms with Gasteiger partial charge in [-0.05, 0) is 57.7 Å². The van der Waals surface area contributed by atoms with Crippen molar-refractivity contribution in [3.63, 3.8) is 0 Å². The molecule has 0 aliphatic carbocycles. The Hall–Kier alpha value is -1.76. The van der Waals surface area contributed by atoms with Crippen LogP contribution in [0.5, 0.6) is 0 Å². The van der Waals surface area contributed by atoms with Crippen molar-refractivity contribution < 1.29 is 17.9 Å². The van der Waals surface area contributed by atoms with Gasteiger partial charge in [-0.15, -0.1) is 0 Å². The predicted octanol–water partition coefficient (Wildman–Crippen LogP) is 4.28. The van der Waals surface area contributed by atoms with Gasteiger partial charge in [0.25, 0.3) is 0 Å². The van der Waals surface area contributed by atoms with Crippen molar-refractivity contribution in [1.82, 2.24) is 4.90 Å². The van der Waals surface area contributed by atoms with Gasteiger partial charge in [-0.3, -0.25) is 0 Å². The minimum absolute atomic E-state index is 0.214. The average molecular weight is 439 g/mol. The molecule has 0 radical (unpaired) electrons. The molecular formula is C23H38N2O4S. The van der Waals surface area contributed by atoms with Gasteiger partial charge in [0.15, 0.2) is 9.84 Å². The number of anilines is 1. The number of rotatable bonds is 11. The highest BCUT2D eigenvalue weighted by Gasteiger charge is 2.22. The molecule has 1 aliphatic rings. The van der Waals surface area contributed by atoms with E-state index < -0.39 is 9.84 Å². The second-order valence-corrected chi connectivity index (χ2v) is 10.9. The number of aryl methyl sites for hydroxylation is 1. The molecule has 0 N–H and O–H groups in total. The number of carbonyl (C=O) groups excluding carboxylic acids is 1. The van der Waals surface area contributed by atoms with Crippen LogP contribution in [0.25, 0.3) is 0 Å². The first kappa shape index (κ1) is 24.5.